The highest BCUT2D eigenvalue weighted by Gasteiger charge is 2.60. The molecule has 0 radical (unpaired) electrons. The van der Waals surface area contributed by atoms with Crippen molar-refractivity contribution >= 4 is 23.4 Å². The van der Waals surface area contributed by atoms with Gasteiger partial charge < -0.3 is 15.7 Å². The van der Waals surface area contributed by atoms with Gasteiger partial charge in [-0.2, -0.15) is 0 Å². The van der Waals surface area contributed by atoms with Gasteiger partial charge in [-0.3, -0.25) is 14.3 Å². The van der Waals surface area contributed by atoms with Crippen LogP contribution < -0.4 is 10.6 Å². The summed E-state index contributed by atoms with van der Waals surface area (Å²) in [5, 5.41) is 14.2. The number of phenols is 1. The third-order valence-electron chi connectivity index (χ3n) is 7.72. The second-order valence-electron chi connectivity index (χ2n) is 10.1. The largest absolute Gasteiger partial charge is 0.522 e. The first-order valence-electron chi connectivity index (χ1n) is 11.5. The number of rotatable bonds is 6. The van der Waals surface area contributed by atoms with E-state index >= 15 is 13.2 Å². The number of carbonyl (C=O) groups excluding carboxylic acids is 2. The quantitative estimate of drug-likeness (QED) is 0.350. The summed E-state index contributed by atoms with van der Waals surface area (Å²) in [6, 6.07) is -1.89. The summed E-state index contributed by atoms with van der Waals surface area (Å²) in [4.78, 5) is 24.8. The van der Waals surface area contributed by atoms with Crippen LogP contribution in [0.15, 0.2) is 6.07 Å². The van der Waals surface area contributed by atoms with Crippen molar-refractivity contribution in [1.29, 1.82) is 0 Å². The van der Waals surface area contributed by atoms with Gasteiger partial charge in [0.25, 0.3) is 0 Å². The van der Waals surface area contributed by atoms with Gasteiger partial charge in [-0.25, -0.2) is 13.2 Å². The molecule has 3 aliphatic carbocycles. The molecule has 3 fully saturated rings. The minimum absolute atomic E-state index is 0.0872. The Morgan fingerprint density at radius 3 is 2.33 bits per heavy atom. The molecule has 0 heterocycles. The Kier molecular flexibility index (Phi) is 6.91. The first-order valence-corrected chi connectivity index (χ1v) is 11.9. The highest BCUT2D eigenvalue weighted by Crippen LogP contribution is 2.64. The predicted octanol–water partition coefficient (Wildman–Crippen LogP) is 4.97. The van der Waals surface area contributed by atoms with E-state index in [1.807, 2.05) is 0 Å². The van der Waals surface area contributed by atoms with Crippen LogP contribution in [-0.2, 0) is 14.3 Å². The fourth-order valence-electron chi connectivity index (χ4n) is 6.15. The predicted molar refractivity (Wildman–Crippen MR) is 115 cm³/mol. The number of nitrogens with one attached hydrogen (secondary N) is 2. The number of ether oxygens (including phenoxy) is 1. The van der Waals surface area contributed by atoms with E-state index in [2.05, 4.69) is 15.4 Å². The summed E-state index contributed by atoms with van der Waals surface area (Å²) >= 11 is 5.83. The van der Waals surface area contributed by atoms with Crippen LogP contribution >= 0.6 is 11.6 Å². The maximum atomic E-state index is 15.1. The molecule has 1 aromatic carbocycles. The Morgan fingerprint density at radius 1 is 1.17 bits per heavy atom. The van der Waals surface area contributed by atoms with Crippen molar-refractivity contribution < 1.29 is 45.8 Å². The van der Waals surface area contributed by atoms with E-state index in [9.17, 15) is 27.9 Å². The molecule has 2 bridgehead atoms. The van der Waals surface area contributed by atoms with Crippen LogP contribution in [0.5, 0.6) is 5.75 Å². The van der Waals surface area contributed by atoms with E-state index in [4.69, 9.17) is 11.6 Å². The smallest absolute Gasteiger partial charge is 0.505 e. The van der Waals surface area contributed by atoms with E-state index < -0.39 is 87.8 Å². The molecule has 13 heteroatoms. The number of aromatic hydroxyl groups is 1. The molecule has 3 N–H and O–H groups in total. The van der Waals surface area contributed by atoms with E-state index in [0.29, 0.717) is 6.07 Å². The molecule has 0 unspecified atom stereocenters. The zero-order valence-electron chi connectivity index (χ0n) is 19.2. The Labute approximate surface area is 207 Å². The van der Waals surface area contributed by atoms with E-state index in [1.165, 1.54) is 0 Å². The standard InChI is InChI=1S/C23H25ClF6N2O4/c1-10(33)31-13-6-11(7-15(13)36-23(28,29)30)20(35)32-19(21-2-4-22(27,9-21)5-3-21)16-17(25)12(24)8-14(34)18(16)26/h8,11,13,15,19,34H,2-7,9H2,1H3,(H,31,33)(H,32,35)/t11-,13+,15-,19-,21?,22?/m1/s1. The van der Waals surface area contributed by atoms with Crippen molar-refractivity contribution in [2.45, 2.75) is 82.1 Å². The molecule has 0 spiro atoms. The molecule has 3 saturated carbocycles. The van der Waals surface area contributed by atoms with Gasteiger partial charge in [-0.05, 0) is 50.4 Å². The van der Waals surface area contributed by atoms with Crippen LogP contribution in [0.1, 0.15) is 63.5 Å². The molecule has 0 aliphatic heterocycles. The van der Waals surface area contributed by atoms with Crippen LogP contribution in [0.2, 0.25) is 5.02 Å². The van der Waals surface area contributed by atoms with Crippen LogP contribution in [-0.4, -0.2) is 41.1 Å². The molecule has 0 saturated heterocycles. The van der Waals surface area contributed by atoms with Crippen LogP contribution in [0.3, 0.4) is 0 Å². The third kappa shape index (κ3) is 5.11. The maximum absolute atomic E-state index is 15.1. The fourth-order valence-corrected chi connectivity index (χ4v) is 6.36. The Hall–Kier alpha value is -2.21. The Bertz CT molecular complexity index is 1030. The van der Waals surface area contributed by atoms with Crippen molar-refractivity contribution in [3.8, 4) is 5.75 Å². The van der Waals surface area contributed by atoms with Crippen LogP contribution in [0.25, 0.3) is 0 Å². The molecule has 200 valence electrons. The van der Waals surface area contributed by atoms with Gasteiger partial charge >= 0.3 is 6.36 Å². The van der Waals surface area contributed by atoms with Crippen molar-refractivity contribution in [3.05, 3.63) is 28.3 Å². The fraction of sp³-hybridized carbons (Fsp3) is 0.652. The maximum Gasteiger partial charge on any atom is 0.522 e. The number of phenolic OH excluding ortho intramolecular Hbond substituents is 1. The van der Waals surface area contributed by atoms with Gasteiger partial charge in [-0.15, -0.1) is 13.2 Å². The summed E-state index contributed by atoms with van der Waals surface area (Å²) in [6.07, 6.45) is -6.68. The molecule has 0 aromatic heterocycles. The number of benzene rings is 1. The summed E-state index contributed by atoms with van der Waals surface area (Å²) in [6.45, 7) is 1.10. The first kappa shape index (κ1) is 26.8. The second kappa shape index (κ2) is 9.27. The van der Waals surface area contributed by atoms with Crippen molar-refractivity contribution in [2.75, 3.05) is 0 Å². The number of amides is 2. The third-order valence-corrected chi connectivity index (χ3v) is 7.99. The average Bonchev–Trinajstić information content (AvgIpc) is 3.41. The lowest BCUT2D eigenvalue weighted by Gasteiger charge is -2.37. The number of hydrogen-bond acceptors (Lipinski definition) is 4. The zero-order valence-corrected chi connectivity index (χ0v) is 19.9. The lowest BCUT2D eigenvalue weighted by atomic mass is 9.73. The number of halogens is 7. The highest BCUT2D eigenvalue weighted by atomic mass is 35.5. The monoisotopic (exact) mass is 542 g/mol. The summed E-state index contributed by atoms with van der Waals surface area (Å²) in [5.74, 6) is -6.11. The molecular weight excluding hydrogens is 518 g/mol. The Balaban J connectivity index is 1.65. The molecule has 2 amide bonds. The first-order chi connectivity index (χ1) is 16.6. The minimum Gasteiger partial charge on any atom is -0.505 e. The molecular formula is C23H25ClF6N2O4. The van der Waals surface area contributed by atoms with Gasteiger partial charge in [0, 0.05) is 18.9 Å². The van der Waals surface area contributed by atoms with E-state index in [0.717, 1.165) is 6.92 Å². The normalized spacial score (nSPS) is 32.5. The molecule has 3 aliphatic rings. The van der Waals surface area contributed by atoms with Gasteiger partial charge in [0.1, 0.15) is 11.5 Å². The van der Waals surface area contributed by atoms with Gasteiger partial charge in [0.15, 0.2) is 11.6 Å². The van der Waals surface area contributed by atoms with E-state index in [-0.39, 0.29) is 38.5 Å². The van der Waals surface area contributed by atoms with E-state index in [1.54, 1.807) is 0 Å². The second-order valence-corrected chi connectivity index (χ2v) is 10.5. The molecule has 36 heavy (non-hydrogen) atoms. The van der Waals surface area contributed by atoms with Crippen molar-refractivity contribution in [2.24, 2.45) is 11.3 Å². The summed E-state index contributed by atoms with van der Waals surface area (Å²) in [5.41, 5.74) is -3.37. The van der Waals surface area contributed by atoms with Gasteiger partial charge in [0.05, 0.1) is 28.8 Å². The molecule has 4 rings (SSSR count). The summed E-state index contributed by atoms with van der Waals surface area (Å²) < 4.78 is 88.0. The number of hydrogen-bond donors (Lipinski definition) is 3. The summed E-state index contributed by atoms with van der Waals surface area (Å²) in [7, 11) is 0. The van der Waals surface area contributed by atoms with Crippen LogP contribution in [0.4, 0.5) is 26.3 Å². The number of carbonyl (C=O) groups is 2. The van der Waals surface area contributed by atoms with Gasteiger partial charge in [-0.1, -0.05) is 11.6 Å². The minimum atomic E-state index is -5.02. The van der Waals surface area contributed by atoms with Gasteiger partial charge in [0.2, 0.25) is 11.8 Å². The average molecular weight is 543 g/mol. The lowest BCUT2D eigenvalue weighted by Crippen LogP contribution is -2.43. The van der Waals surface area contributed by atoms with Crippen molar-refractivity contribution in [3.63, 3.8) is 0 Å². The van der Waals surface area contributed by atoms with Crippen molar-refractivity contribution in [1.82, 2.24) is 10.6 Å². The molecule has 4 atom stereocenters. The number of fused-ring (bicyclic) bond motifs is 2. The Morgan fingerprint density at radius 2 is 1.81 bits per heavy atom. The molecule has 1 aromatic rings. The van der Waals surface area contributed by atoms with Crippen LogP contribution in [0, 0.1) is 23.0 Å². The zero-order chi connectivity index (χ0) is 26.6. The molecule has 6 nitrogen and oxygen atoms in total. The lowest BCUT2D eigenvalue weighted by molar-refractivity contribution is -0.343. The number of alkyl halides is 4. The SMILES string of the molecule is CC(=O)N[C@H]1C[C@@H](C(=O)N[C@H](c2c(F)c(O)cc(Cl)c2F)C23CCC(F)(CC2)C3)C[C@H]1OC(F)(F)F. The highest BCUT2D eigenvalue weighted by molar-refractivity contribution is 6.31. The topological polar surface area (TPSA) is 87.7 Å².